The Kier molecular flexibility index (Phi) is 31.5. The van der Waals surface area contributed by atoms with Crippen LogP contribution in [0.2, 0.25) is 0 Å². The number of rotatable bonds is 0. The van der Waals surface area contributed by atoms with Crippen LogP contribution in [0.4, 0.5) is 0 Å². The molecule has 0 aliphatic rings. The zero-order valence-electron chi connectivity index (χ0n) is 9.78. The first-order valence-electron chi connectivity index (χ1n) is 4.24. The fourth-order valence-corrected chi connectivity index (χ4v) is 0. The van der Waals surface area contributed by atoms with E-state index in [2.05, 4.69) is 0 Å². The van der Waals surface area contributed by atoms with Crippen molar-refractivity contribution in [1.82, 2.24) is 6.15 Å². The standard InChI is InChI=1S/3C3H8O.H3N/c3*1-3(2)4;/h3*3-4H,1-2H3;1H3. The average Bonchev–Trinajstić information content (AvgIpc) is 1.54. The van der Waals surface area contributed by atoms with E-state index in [-0.39, 0.29) is 24.5 Å². The van der Waals surface area contributed by atoms with Crippen molar-refractivity contribution >= 4 is 0 Å². The molecule has 0 saturated carbocycles. The van der Waals surface area contributed by atoms with Crippen LogP contribution in [0.1, 0.15) is 41.5 Å². The molecule has 6 N–H and O–H groups in total. The third-order valence-corrected chi connectivity index (χ3v) is 0. The minimum atomic E-state index is -0.167. The van der Waals surface area contributed by atoms with Gasteiger partial charge in [-0.25, -0.2) is 0 Å². The quantitative estimate of drug-likeness (QED) is 0.471. The number of hydrogen-bond acceptors (Lipinski definition) is 4. The highest BCUT2D eigenvalue weighted by atomic mass is 16.3. The largest absolute Gasteiger partial charge is 0.394 e. The van der Waals surface area contributed by atoms with Gasteiger partial charge in [0.1, 0.15) is 0 Å². The first kappa shape index (κ1) is 23.0. The van der Waals surface area contributed by atoms with Crippen LogP contribution >= 0.6 is 0 Å². The summed E-state index contributed by atoms with van der Waals surface area (Å²) in [4.78, 5) is 0. The van der Waals surface area contributed by atoms with Gasteiger partial charge in [0.2, 0.25) is 0 Å². The summed E-state index contributed by atoms with van der Waals surface area (Å²) in [6.07, 6.45) is -0.500. The summed E-state index contributed by atoms with van der Waals surface area (Å²) in [7, 11) is 0. The van der Waals surface area contributed by atoms with Gasteiger partial charge < -0.3 is 21.5 Å². The molecule has 0 amide bonds. The van der Waals surface area contributed by atoms with Crippen molar-refractivity contribution in [3.8, 4) is 0 Å². The van der Waals surface area contributed by atoms with E-state index in [1.807, 2.05) is 0 Å². The topological polar surface area (TPSA) is 95.7 Å². The zero-order valence-corrected chi connectivity index (χ0v) is 9.78. The highest BCUT2D eigenvalue weighted by Crippen LogP contribution is 1.65. The summed E-state index contributed by atoms with van der Waals surface area (Å²) in [5.74, 6) is 0. The molecule has 0 aliphatic carbocycles. The summed E-state index contributed by atoms with van der Waals surface area (Å²) >= 11 is 0. The van der Waals surface area contributed by atoms with Crippen molar-refractivity contribution in [1.29, 1.82) is 0 Å². The van der Waals surface area contributed by atoms with E-state index in [0.717, 1.165) is 0 Å². The fraction of sp³-hybridized carbons (Fsp3) is 1.00. The Morgan fingerprint density at radius 1 is 0.538 bits per heavy atom. The van der Waals surface area contributed by atoms with Crippen LogP contribution in [0.25, 0.3) is 0 Å². The molecule has 0 aromatic carbocycles. The summed E-state index contributed by atoms with van der Waals surface area (Å²) in [5, 5.41) is 24.2. The highest BCUT2D eigenvalue weighted by molar-refractivity contribution is 4.21. The molecule has 0 aromatic rings. The second kappa shape index (κ2) is 17.8. The van der Waals surface area contributed by atoms with E-state index in [9.17, 15) is 0 Å². The molecule has 13 heavy (non-hydrogen) atoms. The molecule has 0 fully saturated rings. The van der Waals surface area contributed by atoms with Crippen LogP contribution in [0.5, 0.6) is 0 Å². The molecule has 86 valence electrons. The molecule has 0 spiro atoms. The predicted molar refractivity (Wildman–Crippen MR) is 57.1 cm³/mol. The second-order valence-corrected chi connectivity index (χ2v) is 3.28. The molecule has 0 aromatic heterocycles. The molecule has 0 bridgehead atoms. The second-order valence-electron chi connectivity index (χ2n) is 3.28. The fourth-order valence-electron chi connectivity index (χ4n) is 0. The van der Waals surface area contributed by atoms with Crippen molar-refractivity contribution in [3.63, 3.8) is 0 Å². The summed E-state index contributed by atoms with van der Waals surface area (Å²) < 4.78 is 0. The number of aliphatic hydroxyl groups is 3. The SMILES string of the molecule is CC(C)O.CC(C)O.CC(C)O.N. The molecule has 0 rings (SSSR count). The Labute approximate surface area is 82.2 Å². The van der Waals surface area contributed by atoms with Gasteiger partial charge in [0.05, 0.1) is 0 Å². The molecule has 0 atom stereocenters. The first-order chi connectivity index (χ1) is 5.20. The van der Waals surface area contributed by atoms with Crippen LogP contribution in [-0.2, 0) is 0 Å². The maximum atomic E-state index is 8.06. The maximum absolute atomic E-state index is 8.06. The lowest BCUT2D eigenvalue weighted by Gasteiger charge is -1.80. The van der Waals surface area contributed by atoms with Crippen LogP contribution in [0.3, 0.4) is 0 Å². The lowest BCUT2D eigenvalue weighted by molar-refractivity contribution is 0.215. The van der Waals surface area contributed by atoms with E-state index in [4.69, 9.17) is 15.3 Å². The normalized spacial score (nSPS) is 8.31. The Bertz CT molecular complexity index is 43.4. The third-order valence-electron chi connectivity index (χ3n) is 0. The molecular formula is C9H27NO3. The van der Waals surface area contributed by atoms with Gasteiger partial charge in [-0.1, -0.05) is 0 Å². The summed E-state index contributed by atoms with van der Waals surface area (Å²) in [5.41, 5.74) is 0. The van der Waals surface area contributed by atoms with Crippen LogP contribution < -0.4 is 6.15 Å². The van der Waals surface area contributed by atoms with Gasteiger partial charge in [0.25, 0.3) is 0 Å². The summed E-state index contributed by atoms with van der Waals surface area (Å²) in [6.45, 7) is 10.3. The van der Waals surface area contributed by atoms with Crippen LogP contribution in [0.15, 0.2) is 0 Å². The molecule has 0 aliphatic heterocycles. The Hall–Kier alpha value is -0.160. The van der Waals surface area contributed by atoms with E-state index in [1.165, 1.54) is 0 Å². The molecule has 0 saturated heterocycles. The number of hydrogen-bond donors (Lipinski definition) is 4. The monoisotopic (exact) mass is 197 g/mol. The van der Waals surface area contributed by atoms with Crippen molar-refractivity contribution in [2.24, 2.45) is 0 Å². The zero-order chi connectivity index (χ0) is 10.7. The van der Waals surface area contributed by atoms with E-state index in [0.29, 0.717) is 0 Å². The summed E-state index contributed by atoms with van der Waals surface area (Å²) in [6, 6.07) is 0. The van der Waals surface area contributed by atoms with Crippen LogP contribution in [0, 0.1) is 0 Å². The van der Waals surface area contributed by atoms with Crippen molar-refractivity contribution in [3.05, 3.63) is 0 Å². The Balaban J connectivity index is -0.0000000450. The maximum Gasteiger partial charge on any atom is 0.0483 e. The van der Waals surface area contributed by atoms with E-state index >= 15 is 0 Å². The van der Waals surface area contributed by atoms with Gasteiger partial charge in [-0.2, -0.15) is 0 Å². The van der Waals surface area contributed by atoms with E-state index < -0.39 is 0 Å². The molecule has 0 radical (unpaired) electrons. The molecule has 4 heteroatoms. The van der Waals surface area contributed by atoms with Gasteiger partial charge >= 0.3 is 0 Å². The minimum Gasteiger partial charge on any atom is -0.394 e. The smallest absolute Gasteiger partial charge is 0.0483 e. The third kappa shape index (κ3) is 44800. The van der Waals surface area contributed by atoms with Gasteiger partial charge in [-0.3, -0.25) is 0 Å². The first-order valence-corrected chi connectivity index (χ1v) is 4.24. The number of aliphatic hydroxyl groups excluding tert-OH is 3. The minimum absolute atomic E-state index is 0. The van der Waals surface area contributed by atoms with Gasteiger partial charge in [0, 0.05) is 18.3 Å². The molecule has 4 nitrogen and oxygen atoms in total. The molecular weight excluding hydrogens is 170 g/mol. The van der Waals surface area contributed by atoms with Gasteiger partial charge in [-0.05, 0) is 41.5 Å². The molecule has 0 heterocycles. The van der Waals surface area contributed by atoms with Crippen LogP contribution in [-0.4, -0.2) is 33.6 Å². The van der Waals surface area contributed by atoms with Crippen molar-refractivity contribution < 1.29 is 15.3 Å². The Morgan fingerprint density at radius 3 is 0.538 bits per heavy atom. The molecule has 0 unspecified atom stereocenters. The lowest BCUT2D eigenvalue weighted by atomic mass is 10.5. The Morgan fingerprint density at radius 2 is 0.538 bits per heavy atom. The highest BCUT2D eigenvalue weighted by Gasteiger charge is 1.70. The van der Waals surface area contributed by atoms with E-state index in [1.54, 1.807) is 41.5 Å². The van der Waals surface area contributed by atoms with Gasteiger partial charge in [0.15, 0.2) is 0 Å². The van der Waals surface area contributed by atoms with Crippen molar-refractivity contribution in [2.75, 3.05) is 0 Å². The lowest BCUT2D eigenvalue weighted by Crippen LogP contribution is -1.85. The van der Waals surface area contributed by atoms with Gasteiger partial charge in [-0.15, -0.1) is 0 Å². The van der Waals surface area contributed by atoms with Crippen molar-refractivity contribution in [2.45, 2.75) is 59.9 Å². The average molecular weight is 197 g/mol. The predicted octanol–water partition coefficient (Wildman–Crippen LogP) is 1.32.